The van der Waals surface area contributed by atoms with Gasteiger partial charge < -0.3 is 4.90 Å². The lowest BCUT2D eigenvalue weighted by molar-refractivity contribution is 0.0665. The van der Waals surface area contributed by atoms with Crippen LogP contribution >= 0.6 is 0 Å². The Balaban J connectivity index is 1.59. The number of carbonyl (C=O) groups excluding carboxylic acids is 1. The number of rotatable bonds is 6. The number of aryl methyl sites for hydroxylation is 1. The number of amides is 1. The summed E-state index contributed by atoms with van der Waals surface area (Å²) < 4.78 is 1.80. The Kier molecular flexibility index (Phi) is 4.45. The van der Waals surface area contributed by atoms with Crippen molar-refractivity contribution in [1.29, 1.82) is 0 Å². The molecule has 0 radical (unpaired) electrons. The van der Waals surface area contributed by atoms with E-state index in [9.17, 15) is 4.79 Å². The molecule has 1 amide bonds. The van der Waals surface area contributed by atoms with Gasteiger partial charge in [-0.1, -0.05) is 29.8 Å². The van der Waals surface area contributed by atoms with Crippen molar-refractivity contribution < 1.29 is 4.79 Å². The Morgan fingerprint density at radius 2 is 2.00 bits per heavy atom. The largest absolute Gasteiger partial charge is 0.335 e. The number of nitrogens with zero attached hydrogens (tertiary/aromatic N) is 4. The van der Waals surface area contributed by atoms with E-state index in [4.69, 9.17) is 0 Å². The quantitative estimate of drug-likeness (QED) is 0.685. The van der Waals surface area contributed by atoms with Crippen LogP contribution in [0, 0.1) is 12.8 Å². The molecule has 0 spiro atoms. The van der Waals surface area contributed by atoms with Crippen molar-refractivity contribution in [2.75, 3.05) is 6.54 Å². The van der Waals surface area contributed by atoms with Crippen LogP contribution in [0.15, 0.2) is 48.9 Å². The fourth-order valence-electron chi connectivity index (χ4n) is 3.63. The van der Waals surface area contributed by atoms with Crippen molar-refractivity contribution >= 4 is 11.6 Å². The zero-order valence-electron chi connectivity index (χ0n) is 15.3. The van der Waals surface area contributed by atoms with Gasteiger partial charge in [0, 0.05) is 18.8 Å². The lowest BCUT2D eigenvalue weighted by atomic mass is 9.99. The highest BCUT2D eigenvalue weighted by atomic mass is 16.2. The molecule has 1 saturated carbocycles. The van der Waals surface area contributed by atoms with Crippen molar-refractivity contribution in [1.82, 2.24) is 19.5 Å². The summed E-state index contributed by atoms with van der Waals surface area (Å²) in [5.74, 6) is 0.700. The first-order chi connectivity index (χ1) is 12.7. The third-order valence-electron chi connectivity index (χ3n) is 5.27. The van der Waals surface area contributed by atoms with Gasteiger partial charge in [0.1, 0.15) is 6.33 Å². The monoisotopic (exact) mass is 348 g/mol. The summed E-state index contributed by atoms with van der Waals surface area (Å²) in [5, 5.41) is 7.90. The van der Waals surface area contributed by atoms with E-state index in [2.05, 4.69) is 48.3 Å². The molecule has 5 heteroatoms. The third kappa shape index (κ3) is 3.34. The fraction of sp³-hybridized carbons (Fsp3) is 0.381. The number of carbonyl (C=O) groups is 1. The molecule has 1 aliphatic rings. The van der Waals surface area contributed by atoms with E-state index in [0.29, 0.717) is 18.0 Å². The first-order valence-electron chi connectivity index (χ1n) is 9.31. The molecule has 0 saturated heterocycles. The Morgan fingerprint density at radius 1 is 1.23 bits per heavy atom. The Bertz CT molecular complexity index is 911. The third-order valence-corrected chi connectivity index (χ3v) is 5.27. The van der Waals surface area contributed by atoms with Crippen LogP contribution in [0.4, 0.5) is 0 Å². The van der Waals surface area contributed by atoms with Gasteiger partial charge in [-0.25, -0.2) is 0 Å². The number of aromatic nitrogens is 3. The molecule has 0 N–H and O–H groups in total. The normalized spacial score (nSPS) is 15.2. The summed E-state index contributed by atoms with van der Waals surface area (Å²) in [7, 11) is 0. The number of benzene rings is 1. The number of pyridine rings is 1. The summed E-state index contributed by atoms with van der Waals surface area (Å²) >= 11 is 0. The predicted octanol–water partition coefficient (Wildman–Crippen LogP) is 3.52. The molecule has 1 aliphatic carbocycles. The van der Waals surface area contributed by atoms with Gasteiger partial charge in [-0.05, 0) is 56.7 Å². The van der Waals surface area contributed by atoms with Crippen LogP contribution in [0.25, 0.3) is 5.65 Å². The second-order valence-corrected chi connectivity index (χ2v) is 7.20. The van der Waals surface area contributed by atoms with Crippen LogP contribution in [0.1, 0.15) is 41.3 Å². The zero-order chi connectivity index (χ0) is 18.1. The maximum absolute atomic E-state index is 13.2. The van der Waals surface area contributed by atoms with Gasteiger partial charge in [-0.2, -0.15) is 0 Å². The summed E-state index contributed by atoms with van der Waals surface area (Å²) in [6.45, 7) is 4.89. The molecule has 3 aromatic rings. The van der Waals surface area contributed by atoms with Crippen LogP contribution < -0.4 is 0 Å². The molecular formula is C21H24N4O. The molecule has 26 heavy (non-hydrogen) atoms. The molecule has 2 aromatic heterocycles. The van der Waals surface area contributed by atoms with Crippen molar-refractivity contribution in [2.24, 2.45) is 5.92 Å². The van der Waals surface area contributed by atoms with E-state index >= 15 is 0 Å². The average molecular weight is 348 g/mol. The van der Waals surface area contributed by atoms with E-state index in [0.717, 1.165) is 12.1 Å². The minimum absolute atomic E-state index is 0.0899. The van der Waals surface area contributed by atoms with Crippen LogP contribution in [-0.4, -0.2) is 38.0 Å². The molecule has 0 bridgehead atoms. The number of fused-ring (bicyclic) bond motifs is 1. The van der Waals surface area contributed by atoms with E-state index in [1.807, 2.05) is 23.2 Å². The van der Waals surface area contributed by atoms with E-state index in [1.165, 1.54) is 24.0 Å². The van der Waals surface area contributed by atoms with Crippen LogP contribution in [-0.2, 0) is 6.42 Å². The first-order valence-corrected chi connectivity index (χ1v) is 9.31. The van der Waals surface area contributed by atoms with Gasteiger partial charge in [0.25, 0.3) is 5.91 Å². The minimum Gasteiger partial charge on any atom is -0.335 e. The fourth-order valence-corrected chi connectivity index (χ4v) is 3.63. The molecule has 1 aromatic carbocycles. The number of hydrogen-bond donors (Lipinski definition) is 0. The van der Waals surface area contributed by atoms with Crippen molar-refractivity contribution in [2.45, 2.75) is 39.2 Å². The van der Waals surface area contributed by atoms with Gasteiger partial charge in [-0.15, -0.1) is 10.2 Å². The molecule has 1 atom stereocenters. The lowest BCUT2D eigenvalue weighted by Gasteiger charge is -2.31. The summed E-state index contributed by atoms with van der Waals surface area (Å²) in [4.78, 5) is 15.3. The molecular weight excluding hydrogens is 324 g/mol. The number of likely N-dealkylation sites (N-methyl/N-ethyl adjacent to an activating group) is 1. The van der Waals surface area contributed by atoms with Crippen LogP contribution in [0.3, 0.4) is 0 Å². The summed E-state index contributed by atoms with van der Waals surface area (Å²) in [6.07, 6.45) is 6.80. The minimum atomic E-state index is 0.0899. The maximum Gasteiger partial charge on any atom is 0.255 e. The van der Waals surface area contributed by atoms with Crippen molar-refractivity contribution in [3.63, 3.8) is 0 Å². The van der Waals surface area contributed by atoms with Crippen molar-refractivity contribution in [3.8, 4) is 0 Å². The zero-order valence-corrected chi connectivity index (χ0v) is 15.3. The Labute approximate surface area is 153 Å². The molecule has 1 fully saturated rings. The summed E-state index contributed by atoms with van der Waals surface area (Å²) in [5.41, 5.74) is 4.01. The van der Waals surface area contributed by atoms with E-state index in [1.54, 1.807) is 10.7 Å². The second kappa shape index (κ2) is 6.90. The van der Waals surface area contributed by atoms with E-state index < -0.39 is 0 Å². The maximum atomic E-state index is 13.2. The van der Waals surface area contributed by atoms with Gasteiger partial charge in [-0.3, -0.25) is 9.20 Å². The highest BCUT2D eigenvalue weighted by Gasteiger charge is 2.37. The van der Waals surface area contributed by atoms with Gasteiger partial charge in [0.15, 0.2) is 5.65 Å². The van der Waals surface area contributed by atoms with Gasteiger partial charge in [0.05, 0.1) is 5.56 Å². The highest BCUT2D eigenvalue weighted by Crippen LogP contribution is 2.37. The Hall–Kier alpha value is -2.69. The topological polar surface area (TPSA) is 50.5 Å². The van der Waals surface area contributed by atoms with Gasteiger partial charge >= 0.3 is 0 Å². The van der Waals surface area contributed by atoms with Crippen molar-refractivity contribution in [3.05, 3.63) is 65.6 Å². The molecule has 2 heterocycles. The molecule has 0 aliphatic heterocycles. The lowest BCUT2D eigenvalue weighted by Crippen LogP contribution is -2.43. The van der Waals surface area contributed by atoms with Crippen LogP contribution in [0.2, 0.25) is 0 Å². The molecule has 0 unspecified atom stereocenters. The number of hydrogen-bond acceptors (Lipinski definition) is 3. The smallest absolute Gasteiger partial charge is 0.255 e. The van der Waals surface area contributed by atoms with Crippen LogP contribution in [0.5, 0.6) is 0 Å². The van der Waals surface area contributed by atoms with E-state index in [-0.39, 0.29) is 11.9 Å². The molecule has 4 rings (SSSR count). The summed E-state index contributed by atoms with van der Waals surface area (Å²) in [6, 6.07) is 12.6. The molecule has 134 valence electrons. The highest BCUT2D eigenvalue weighted by molar-refractivity contribution is 5.94. The molecule has 5 nitrogen and oxygen atoms in total. The SMILES string of the molecule is CCN(C(=O)c1ccc2nncn2c1)[C@H](Cc1ccc(C)cc1)C1CC1. The van der Waals surface area contributed by atoms with Gasteiger partial charge in [0.2, 0.25) is 0 Å². The predicted molar refractivity (Wildman–Crippen MR) is 101 cm³/mol. The first kappa shape index (κ1) is 16.8. The Morgan fingerprint density at radius 3 is 2.69 bits per heavy atom. The standard InChI is InChI=1S/C21H24N4O/c1-3-25(21(26)18-10-11-20-23-22-14-24(20)13-18)19(17-8-9-17)12-16-6-4-15(2)5-7-16/h4-7,10-11,13-14,17,19H,3,8-9,12H2,1-2H3/t19-/m1/s1. The average Bonchev–Trinajstić information content (AvgIpc) is 3.39. The second-order valence-electron chi connectivity index (χ2n) is 7.20.